The summed E-state index contributed by atoms with van der Waals surface area (Å²) in [5.74, 6) is 1.74. The van der Waals surface area contributed by atoms with Crippen molar-refractivity contribution in [1.82, 2.24) is 16.0 Å². The molecule has 0 bridgehead atoms. The Balaban J connectivity index is 1.77. The largest absolute Gasteiger partial charge is 0.496 e. The fourth-order valence-electron chi connectivity index (χ4n) is 2.52. The van der Waals surface area contributed by atoms with Crippen molar-refractivity contribution in [3.05, 3.63) is 53.5 Å². The molecule has 0 saturated carbocycles. The van der Waals surface area contributed by atoms with Crippen LogP contribution < -0.4 is 20.7 Å². The van der Waals surface area contributed by atoms with E-state index in [1.165, 1.54) is 6.26 Å². The molecule has 0 aliphatic rings. The maximum absolute atomic E-state index is 12.0. The van der Waals surface area contributed by atoms with Gasteiger partial charge in [-0.3, -0.25) is 4.79 Å². The monoisotopic (exact) mass is 372 g/mol. The first-order chi connectivity index (χ1) is 13.2. The van der Waals surface area contributed by atoms with Crippen LogP contribution in [-0.2, 0) is 6.54 Å². The fraction of sp³-hybridized carbons (Fsp3) is 0.400. The topological polar surface area (TPSA) is 87.9 Å². The van der Waals surface area contributed by atoms with Crippen molar-refractivity contribution in [2.24, 2.45) is 4.99 Å². The molecule has 1 aromatic heterocycles. The molecule has 1 heterocycles. The van der Waals surface area contributed by atoms with Gasteiger partial charge in [-0.25, -0.2) is 4.99 Å². The van der Waals surface area contributed by atoms with Crippen molar-refractivity contribution in [2.75, 3.05) is 26.7 Å². The van der Waals surface area contributed by atoms with E-state index in [1.807, 2.05) is 38.1 Å². The number of amides is 1. The lowest BCUT2D eigenvalue weighted by molar-refractivity contribution is 0.0925. The molecule has 0 aliphatic heterocycles. The van der Waals surface area contributed by atoms with E-state index in [-0.39, 0.29) is 5.91 Å². The summed E-state index contributed by atoms with van der Waals surface area (Å²) in [6.45, 7) is 6.40. The highest BCUT2D eigenvalue weighted by molar-refractivity contribution is 5.92. The van der Waals surface area contributed by atoms with Gasteiger partial charge in [0.1, 0.15) is 5.75 Å². The summed E-state index contributed by atoms with van der Waals surface area (Å²) in [4.78, 5) is 16.6. The zero-order valence-electron chi connectivity index (χ0n) is 16.2. The van der Waals surface area contributed by atoms with Crippen molar-refractivity contribution < 1.29 is 13.9 Å². The number of benzene rings is 1. The number of nitrogens with zero attached hydrogens (tertiary/aromatic N) is 1. The second-order valence-electron chi connectivity index (χ2n) is 5.98. The predicted octanol–water partition coefficient (Wildman–Crippen LogP) is 2.47. The number of aliphatic imine (C=N–C) groups is 1. The minimum atomic E-state index is -0.186. The average molecular weight is 372 g/mol. The Hall–Kier alpha value is -2.96. The number of hydrogen-bond donors (Lipinski definition) is 3. The average Bonchev–Trinajstić information content (AvgIpc) is 3.11. The highest BCUT2D eigenvalue weighted by Crippen LogP contribution is 2.17. The number of carbonyl (C=O) groups is 1. The molecular weight excluding hydrogens is 344 g/mol. The van der Waals surface area contributed by atoms with Gasteiger partial charge in [0.05, 0.1) is 19.9 Å². The van der Waals surface area contributed by atoms with Crippen LogP contribution in [0.3, 0.4) is 0 Å². The molecule has 0 aliphatic carbocycles. The number of hydrogen-bond acceptors (Lipinski definition) is 4. The molecule has 3 N–H and O–H groups in total. The molecular formula is C20H28N4O3. The van der Waals surface area contributed by atoms with E-state index in [4.69, 9.17) is 9.15 Å². The van der Waals surface area contributed by atoms with Crippen LogP contribution in [0.2, 0.25) is 0 Å². The number of para-hydroxylation sites is 1. The van der Waals surface area contributed by atoms with E-state index < -0.39 is 0 Å². The lowest BCUT2D eigenvalue weighted by Crippen LogP contribution is -2.38. The molecule has 0 unspecified atom stereocenters. The van der Waals surface area contributed by atoms with Crippen molar-refractivity contribution >= 4 is 11.9 Å². The summed E-state index contributed by atoms with van der Waals surface area (Å²) in [7, 11) is 1.66. The SMILES string of the molecule is CCNC(=NCc1ccccc1OC)NCCCNC(=O)c1occc1C. The second-order valence-corrected chi connectivity index (χ2v) is 5.98. The van der Waals surface area contributed by atoms with Gasteiger partial charge in [0.25, 0.3) is 5.91 Å². The summed E-state index contributed by atoms with van der Waals surface area (Å²) >= 11 is 0. The molecule has 0 atom stereocenters. The minimum Gasteiger partial charge on any atom is -0.496 e. The maximum Gasteiger partial charge on any atom is 0.287 e. The van der Waals surface area contributed by atoms with Gasteiger partial charge in [-0.1, -0.05) is 18.2 Å². The number of guanidine groups is 1. The molecule has 0 fully saturated rings. The Morgan fingerprint density at radius 2 is 1.93 bits per heavy atom. The number of aryl methyl sites for hydroxylation is 1. The van der Waals surface area contributed by atoms with Crippen LogP contribution >= 0.6 is 0 Å². The normalized spacial score (nSPS) is 11.1. The molecule has 2 rings (SSSR count). The standard InChI is InChI=1S/C20H28N4O3/c1-4-21-20(24-14-16-8-5-6-9-17(16)26-3)23-12-7-11-22-19(25)18-15(2)10-13-27-18/h5-6,8-10,13H,4,7,11-12,14H2,1-3H3,(H,22,25)(H2,21,23,24). The first-order valence-electron chi connectivity index (χ1n) is 9.12. The number of nitrogens with one attached hydrogen (secondary N) is 3. The molecule has 27 heavy (non-hydrogen) atoms. The van der Waals surface area contributed by atoms with E-state index in [9.17, 15) is 4.79 Å². The number of ether oxygens (including phenoxy) is 1. The van der Waals surface area contributed by atoms with E-state index in [1.54, 1.807) is 13.2 Å². The van der Waals surface area contributed by atoms with Gasteiger partial charge in [-0.15, -0.1) is 0 Å². The van der Waals surface area contributed by atoms with Crippen LogP contribution in [0.5, 0.6) is 5.75 Å². The molecule has 2 aromatic rings. The van der Waals surface area contributed by atoms with Crippen LogP contribution in [0.1, 0.15) is 35.0 Å². The molecule has 1 amide bonds. The summed E-state index contributed by atoms with van der Waals surface area (Å²) < 4.78 is 10.5. The smallest absolute Gasteiger partial charge is 0.287 e. The van der Waals surface area contributed by atoms with Crippen molar-refractivity contribution in [1.29, 1.82) is 0 Å². The number of carbonyl (C=O) groups excluding carboxylic acids is 1. The highest BCUT2D eigenvalue weighted by Gasteiger charge is 2.11. The Labute approximate surface area is 160 Å². The third-order valence-corrected chi connectivity index (χ3v) is 3.94. The summed E-state index contributed by atoms with van der Waals surface area (Å²) in [6, 6.07) is 9.61. The molecule has 0 saturated heterocycles. The van der Waals surface area contributed by atoms with Gasteiger partial charge in [-0.2, -0.15) is 0 Å². The third kappa shape index (κ3) is 6.36. The van der Waals surface area contributed by atoms with E-state index >= 15 is 0 Å². The molecule has 0 radical (unpaired) electrons. The highest BCUT2D eigenvalue weighted by atomic mass is 16.5. The number of rotatable bonds is 9. The van der Waals surface area contributed by atoms with E-state index in [0.717, 1.165) is 35.8 Å². The Kier molecular flexibility index (Phi) is 8.22. The Bertz CT molecular complexity index is 755. The van der Waals surface area contributed by atoms with E-state index in [0.29, 0.717) is 25.4 Å². The van der Waals surface area contributed by atoms with Crippen LogP contribution in [0.4, 0.5) is 0 Å². The summed E-state index contributed by atoms with van der Waals surface area (Å²) in [5.41, 5.74) is 1.86. The quantitative estimate of drug-likeness (QED) is 0.358. The van der Waals surface area contributed by atoms with Crippen molar-refractivity contribution in [3.63, 3.8) is 0 Å². The van der Waals surface area contributed by atoms with Gasteiger partial charge < -0.3 is 25.1 Å². The van der Waals surface area contributed by atoms with Crippen molar-refractivity contribution in [2.45, 2.75) is 26.8 Å². The van der Waals surface area contributed by atoms with Crippen LogP contribution in [-0.4, -0.2) is 38.6 Å². The molecule has 7 nitrogen and oxygen atoms in total. The zero-order chi connectivity index (χ0) is 19.5. The van der Waals surface area contributed by atoms with Crippen molar-refractivity contribution in [3.8, 4) is 5.75 Å². The van der Waals surface area contributed by atoms with Gasteiger partial charge in [-0.05, 0) is 32.4 Å². The predicted molar refractivity (Wildman–Crippen MR) is 106 cm³/mol. The number of furan rings is 1. The second kappa shape index (κ2) is 10.9. The molecule has 0 spiro atoms. The maximum atomic E-state index is 12.0. The molecule has 1 aromatic carbocycles. The van der Waals surface area contributed by atoms with Crippen LogP contribution in [0.15, 0.2) is 46.0 Å². The lowest BCUT2D eigenvalue weighted by Gasteiger charge is -2.12. The van der Waals surface area contributed by atoms with Gasteiger partial charge in [0.15, 0.2) is 11.7 Å². The summed E-state index contributed by atoms with van der Waals surface area (Å²) in [6.07, 6.45) is 2.29. The zero-order valence-corrected chi connectivity index (χ0v) is 16.2. The Morgan fingerprint density at radius 1 is 1.15 bits per heavy atom. The lowest BCUT2D eigenvalue weighted by atomic mass is 10.2. The fourth-order valence-corrected chi connectivity index (χ4v) is 2.52. The van der Waals surface area contributed by atoms with Gasteiger partial charge >= 0.3 is 0 Å². The van der Waals surface area contributed by atoms with Gasteiger partial charge in [0.2, 0.25) is 0 Å². The third-order valence-electron chi connectivity index (χ3n) is 3.94. The molecule has 7 heteroatoms. The Morgan fingerprint density at radius 3 is 2.63 bits per heavy atom. The minimum absolute atomic E-state index is 0.186. The van der Waals surface area contributed by atoms with Crippen LogP contribution in [0.25, 0.3) is 0 Å². The molecule has 146 valence electrons. The summed E-state index contributed by atoms with van der Waals surface area (Å²) in [5, 5.41) is 9.34. The van der Waals surface area contributed by atoms with Gasteiger partial charge in [0, 0.05) is 30.8 Å². The van der Waals surface area contributed by atoms with Crippen LogP contribution in [0, 0.1) is 6.92 Å². The van der Waals surface area contributed by atoms with E-state index in [2.05, 4.69) is 20.9 Å². The number of methoxy groups -OCH3 is 1. The first-order valence-corrected chi connectivity index (χ1v) is 9.12. The first kappa shape index (κ1) is 20.4.